The van der Waals surface area contributed by atoms with Gasteiger partial charge in [0.2, 0.25) is 0 Å². The summed E-state index contributed by atoms with van der Waals surface area (Å²) in [5, 5.41) is 3.53. The molecule has 1 unspecified atom stereocenters. The van der Waals surface area contributed by atoms with Crippen molar-refractivity contribution in [1.29, 1.82) is 0 Å². The van der Waals surface area contributed by atoms with Crippen molar-refractivity contribution in [2.45, 2.75) is 51.3 Å². The van der Waals surface area contributed by atoms with Crippen LogP contribution in [0.15, 0.2) is 0 Å². The van der Waals surface area contributed by atoms with Gasteiger partial charge in [-0.1, -0.05) is 0 Å². The number of amides is 1. The van der Waals surface area contributed by atoms with Gasteiger partial charge in [0, 0.05) is 19.1 Å². The first kappa shape index (κ1) is 13.6. The van der Waals surface area contributed by atoms with Gasteiger partial charge in [-0.25, -0.2) is 4.79 Å². The Labute approximate surface area is 109 Å². The number of likely N-dealkylation sites (tertiary alicyclic amines) is 1. The van der Waals surface area contributed by atoms with E-state index < -0.39 is 5.60 Å². The van der Waals surface area contributed by atoms with E-state index >= 15 is 0 Å². The molecule has 0 aliphatic carbocycles. The van der Waals surface area contributed by atoms with E-state index in [9.17, 15) is 4.79 Å². The summed E-state index contributed by atoms with van der Waals surface area (Å²) in [4.78, 5) is 13.8. The van der Waals surface area contributed by atoms with E-state index in [1.165, 1.54) is 0 Å². The Balaban J connectivity index is 1.80. The molecule has 2 saturated heterocycles. The Hall–Kier alpha value is -0.810. The van der Waals surface area contributed by atoms with Crippen LogP contribution in [-0.4, -0.2) is 55.0 Å². The van der Waals surface area contributed by atoms with Crippen molar-refractivity contribution in [2.75, 3.05) is 26.3 Å². The number of ether oxygens (including phenoxy) is 2. The van der Waals surface area contributed by atoms with E-state index in [1.54, 1.807) is 0 Å². The fraction of sp³-hybridized carbons (Fsp3) is 0.923. The fourth-order valence-corrected chi connectivity index (χ4v) is 2.27. The van der Waals surface area contributed by atoms with Gasteiger partial charge in [-0.3, -0.25) is 0 Å². The van der Waals surface area contributed by atoms with Crippen molar-refractivity contribution >= 4 is 6.09 Å². The average Bonchev–Trinajstić information content (AvgIpc) is 2.22. The zero-order valence-corrected chi connectivity index (χ0v) is 11.6. The molecule has 5 heteroatoms. The predicted octanol–water partition coefficient (Wildman–Crippen LogP) is 1.37. The van der Waals surface area contributed by atoms with E-state index in [1.807, 2.05) is 25.7 Å². The molecular formula is C13H24N2O3. The molecule has 2 heterocycles. The Morgan fingerprint density at radius 1 is 1.33 bits per heavy atom. The summed E-state index contributed by atoms with van der Waals surface area (Å²) in [5.41, 5.74) is -0.417. The number of carbonyl (C=O) groups is 1. The van der Waals surface area contributed by atoms with Crippen LogP contribution in [0.25, 0.3) is 0 Å². The second-order valence-electron chi connectivity index (χ2n) is 6.17. The van der Waals surface area contributed by atoms with Gasteiger partial charge in [-0.15, -0.1) is 0 Å². The molecule has 2 rings (SSSR count). The van der Waals surface area contributed by atoms with Crippen molar-refractivity contribution < 1.29 is 14.3 Å². The summed E-state index contributed by atoms with van der Waals surface area (Å²) in [5.74, 6) is 0. The first-order valence-electron chi connectivity index (χ1n) is 6.76. The minimum absolute atomic E-state index is 0.196. The molecule has 0 radical (unpaired) electrons. The lowest BCUT2D eigenvalue weighted by molar-refractivity contribution is -0.0171. The molecule has 1 N–H and O–H groups in total. The van der Waals surface area contributed by atoms with Crippen molar-refractivity contribution in [3.8, 4) is 0 Å². The number of hydrogen-bond donors (Lipinski definition) is 1. The van der Waals surface area contributed by atoms with E-state index in [4.69, 9.17) is 9.47 Å². The van der Waals surface area contributed by atoms with Gasteiger partial charge in [0.1, 0.15) is 5.60 Å². The van der Waals surface area contributed by atoms with E-state index in [2.05, 4.69) is 5.32 Å². The number of nitrogens with zero attached hydrogens (tertiary/aromatic N) is 1. The molecule has 2 fully saturated rings. The lowest BCUT2D eigenvalue weighted by Gasteiger charge is -2.38. The number of hydrogen-bond acceptors (Lipinski definition) is 4. The van der Waals surface area contributed by atoms with Crippen LogP contribution in [0.4, 0.5) is 4.79 Å². The smallest absolute Gasteiger partial charge is 0.410 e. The van der Waals surface area contributed by atoms with Gasteiger partial charge in [-0.05, 0) is 33.6 Å². The maximum absolute atomic E-state index is 12.0. The molecule has 104 valence electrons. The first-order chi connectivity index (χ1) is 8.44. The van der Waals surface area contributed by atoms with Gasteiger partial charge >= 0.3 is 6.09 Å². The molecule has 2 aliphatic rings. The highest BCUT2D eigenvalue weighted by atomic mass is 16.6. The molecule has 0 aromatic rings. The summed E-state index contributed by atoms with van der Waals surface area (Å²) < 4.78 is 10.6. The zero-order valence-electron chi connectivity index (χ0n) is 11.6. The monoisotopic (exact) mass is 256 g/mol. The maximum atomic E-state index is 12.0. The van der Waals surface area contributed by atoms with E-state index in [-0.39, 0.29) is 6.09 Å². The zero-order chi connectivity index (χ0) is 13.2. The SMILES string of the molecule is CC(C)(C)OC(=O)N1CCCC(NC2COC2)C1. The molecule has 0 bridgehead atoms. The number of piperidine rings is 1. The van der Waals surface area contributed by atoms with Gasteiger partial charge in [0.05, 0.1) is 19.3 Å². The second kappa shape index (κ2) is 5.45. The molecule has 0 spiro atoms. The largest absolute Gasteiger partial charge is 0.444 e. The Kier molecular flexibility index (Phi) is 4.12. The number of rotatable bonds is 2. The van der Waals surface area contributed by atoms with Crippen molar-refractivity contribution in [3.63, 3.8) is 0 Å². The van der Waals surface area contributed by atoms with Crippen LogP contribution in [0.3, 0.4) is 0 Å². The molecule has 2 aliphatic heterocycles. The molecular weight excluding hydrogens is 232 g/mol. The normalized spacial score (nSPS) is 25.7. The lowest BCUT2D eigenvalue weighted by Crippen LogP contribution is -2.56. The Morgan fingerprint density at radius 2 is 2.06 bits per heavy atom. The third-order valence-corrected chi connectivity index (χ3v) is 3.18. The predicted molar refractivity (Wildman–Crippen MR) is 68.6 cm³/mol. The lowest BCUT2D eigenvalue weighted by atomic mass is 10.0. The summed E-state index contributed by atoms with van der Waals surface area (Å²) in [6.45, 7) is 8.83. The van der Waals surface area contributed by atoms with Gasteiger partial charge in [0.15, 0.2) is 0 Å². The quantitative estimate of drug-likeness (QED) is 0.811. The molecule has 1 amide bonds. The average molecular weight is 256 g/mol. The van der Waals surface area contributed by atoms with Crippen molar-refractivity contribution in [3.05, 3.63) is 0 Å². The summed E-state index contributed by atoms with van der Waals surface area (Å²) in [7, 11) is 0. The minimum atomic E-state index is -0.417. The summed E-state index contributed by atoms with van der Waals surface area (Å²) in [6, 6.07) is 0.841. The van der Waals surface area contributed by atoms with Crippen LogP contribution in [0.5, 0.6) is 0 Å². The molecule has 0 aromatic heterocycles. The highest BCUT2D eigenvalue weighted by Crippen LogP contribution is 2.16. The number of carbonyl (C=O) groups excluding carboxylic acids is 1. The molecule has 1 atom stereocenters. The third-order valence-electron chi connectivity index (χ3n) is 3.18. The summed E-state index contributed by atoms with van der Waals surface area (Å²) in [6.07, 6.45) is 1.96. The standard InChI is InChI=1S/C13H24N2O3/c1-13(2,3)18-12(16)15-6-4-5-10(7-15)14-11-8-17-9-11/h10-11,14H,4-9H2,1-3H3. The van der Waals surface area contributed by atoms with Crippen LogP contribution in [0.1, 0.15) is 33.6 Å². The topological polar surface area (TPSA) is 50.8 Å². The fourth-order valence-electron chi connectivity index (χ4n) is 2.27. The van der Waals surface area contributed by atoms with Gasteiger partial charge in [0.25, 0.3) is 0 Å². The van der Waals surface area contributed by atoms with Gasteiger partial charge in [-0.2, -0.15) is 0 Å². The van der Waals surface area contributed by atoms with E-state index in [0.29, 0.717) is 12.1 Å². The number of nitrogens with one attached hydrogen (secondary N) is 1. The van der Waals surface area contributed by atoms with Crippen LogP contribution >= 0.6 is 0 Å². The summed E-state index contributed by atoms with van der Waals surface area (Å²) >= 11 is 0. The highest BCUT2D eigenvalue weighted by molar-refractivity contribution is 5.68. The molecule has 0 aromatic carbocycles. The third kappa shape index (κ3) is 3.85. The first-order valence-corrected chi connectivity index (χ1v) is 6.76. The second-order valence-corrected chi connectivity index (χ2v) is 6.17. The van der Waals surface area contributed by atoms with Crippen LogP contribution in [0.2, 0.25) is 0 Å². The highest BCUT2D eigenvalue weighted by Gasteiger charge is 2.30. The molecule has 18 heavy (non-hydrogen) atoms. The van der Waals surface area contributed by atoms with Crippen molar-refractivity contribution in [2.24, 2.45) is 0 Å². The molecule has 5 nitrogen and oxygen atoms in total. The Bertz CT molecular complexity index is 297. The van der Waals surface area contributed by atoms with E-state index in [0.717, 1.165) is 39.1 Å². The minimum Gasteiger partial charge on any atom is -0.444 e. The van der Waals surface area contributed by atoms with Crippen LogP contribution in [-0.2, 0) is 9.47 Å². The van der Waals surface area contributed by atoms with Gasteiger partial charge < -0.3 is 19.7 Å². The maximum Gasteiger partial charge on any atom is 0.410 e. The van der Waals surface area contributed by atoms with Crippen LogP contribution in [0, 0.1) is 0 Å². The van der Waals surface area contributed by atoms with Crippen molar-refractivity contribution in [1.82, 2.24) is 10.2 Å². The van der Waals surface area contributed by atoms with Crippen LogP contribution < -0.4 is 5.32 Å². The Morgan fingerprint density at radius 3 is 2.61 bits per heavy atom. The molecule has 0 saturated carbocycles.